The van der Waals surface area contributed by atoms with Crippen molar-refractivity contribution in [3.05, 3.63) is 102 Å². The Morgan fingerprint density at radius 1 is 0.900 bits per heavy atom. The van der Waals surface area contributed by atoms with Gasteiger partial charge in [0.25, 0.3) is 0 Å². The van der Waals surface area contributed by atoms with Gasteiger partial charge in [0.1, 0.15) is 6.10 Å². The number of aryl methyl sites for hydroxylation is 1. The summed E-state index contributed by atoms with van der Waals surface area (Å²) < 4.78 is 1.80. The topological polar surface area (TPSA) is 61.8 Å². The minimum atomic E-state index is -0.820. The molecule has 0 aliphatic carbocycles. The van der Waals surface area contributed by atoms with Crippen molar-refractivity contribution in [1.29, 1.82) is 5.26 Å². The van der Waals surface area contributed by atoms with Crippen molar-refractivity contribution in [2.45, 2.75) is 6.10 Å². The Bertz CT molecular complexity index is 1440. The van der Waals surface area contributed by atoms with Gasteiger partial charge in [-0.3, -0.25) is 0 Å². The molecule has 4 aromatic carbocycles. The smallest absolute Gasteiger partial charge is 0.121 e. The number of hydrogen-bond acceptors (Lipinski definition) is 3. The molecule has 0 fully saturated rings. The van der Waals surface area contributed by atoms with Crippen LogP contribution < -0.4 is 0 Å². The zero-order chi connectivity index (χ0) is 20.7. The van der Waals surface area contributed by atoms with Gasteiger partial charge in [-0.05, 0) is 56.9 Å². The van der Waals surface area contributed by atoms with Crippen molar-refractivity contribution in [2.24, 2.45) is 7.05 Å². The number of rotatable bonds is 3. The van der Waals surface area contributed by atoms with Gasteiger partial charge in [-0.25, -0.2) is 4.98 Å². The molecule has 1 aromatic heterocycles. The second kappa shape index (κ2) is 7.14. The van der Waals surface area contributed by atoms with E-state index in [1.807, 2.05) is 37.4 Å². The Labute approximate surface area is 174 Å². The van der Waals surface area contributed by atoms with E-state index in [4.69, 9.17) is 0 Å². The van der Waals surface area contributed by atoms with Crippen LogP contribution in [0.1, 0.15) is 22.9 Å². The SMILES string of the molecule is Cn1cncc1C(O)c1ccc(C#N)c(-c2cccc3cc4ccccc4cc23)c1. The van der Waals surface area contributed by atoms with Crippen LogP contribution in [0.15, 0.2) is 85.3 Å². The molecular weight excluding hydrogens is 370 g/mol. The van der Waals surface area contributed by atoms with Crippen molar-refractivity contribution in [3.8, 4) is 17.2 Å². The number of aliphatic hydroxyl groups excluding tert-OH is 1. The van der Waals surface area contributed by atoms with Crippen LogP contribution in [0.3, 0.4) is 0 Å². The van der Waals surface area contributed by atoms with Gasteiger partial charge < -0.3 is 9.67 Å². The van der Waals surface area contributed by atoms with Gasteiger partial charge in [0.2, 0.25) is 0 Å². The first kappa shape index (κ1) is 18.1. The molecule has 0 aliphatic heterocycles. The first-order valence-electron chi connectivity index (χ1n) is 9.76. The highest BCUT2D eigenvalue weighted by Gasteiger charge is 2.17. The summed E-state index contributed by atoms with van der Waals surface area (Å²) in [5, 5.41) is 25.2. The zero-order valence-corrected chi connectivity index (χ0v) is 16.4. The second-order valence-electron chi connectivity index (χ2n) is 7.47. The summed E-state index contributed by atoms with van der Waals surface area (Å²) in [5.74, 6) is 0. The number of fused-ring (bicyclic) bond motifs is 2. The van der Waals surface area contributed by atoms with E-state index >= 15 is 0 Å². The molecule has 0 aliphatic rings. The predicted octanol–water partition coefficient (Wildman–Crippen LogP) is 5.35. The van der Waals surface area contributed by atoms with Crippen molar-refractivity contribution in [3.63, 3.8) is 0 Å². The maximum absolute atomic E-state index is 10.9. The van der Waals surface area contributed by atoms with E-state index in [0.29, 0.717) is 11.3 Å². The van der Waals surface area contributed by atoms with E-state index in [0.717, 1.165) is 32.8 Å². The van der Waals surface area contributed by atoms with Gasteiger partial charge in [0, 0.05) is 12.6 Å². The van der Waals surface area contributed by atoms with Crippen molar-refractivity contribution >= 4 is 21.5 Å². The van der Waals surface area contributed by atoms with Crippen LogP contribution in [0.2, 0.25) is 0 Å². The number of benzene rings is 4. The van der Waals surface area contributed by atoms with Crippen LogP contribution in [-0.4, -0.2) is 14.7 Å². The molecule has 30 heavy (non-hydrogen) atoms. The van der Waals surface area contributed by atoms with E-state index in [1.165, 1.54) is 5.39 Å². The summed E-state index contributed by atoms with van der Waals surface area (Å²) in [7, 11) is 1.85. The average molecular weight is 389 g/mol. The van der Waals surface area contributed by atoms with Gasteiger partial charge in [-0.1, -0.05) is 48.5 Å². The van der Waals surface area contributed by atoms with Crippen LogP contribution >= 0.6 is 0 Å². The van der Waals surface area contributed by atoms with Crippen molar-refractivity contribution in [1.82, 2.24) is 9.55 Å². The van der Waals surface area contributed by atoms with Crippen LogP contribution in [-0.2, 0) is 7.05 Å². The monoisotopic (exact) mass is 389 g/mol. The molecule has 5 aromatic rings. The van der Waals surface area contributed by atoms with Crippen LogP contribution in [0.5, 0.6) is 0 Å². The lowest BCUT2D eigenvalue weighted by molar-refractivity contribution is 0.211. The van der Waals surface area contributed by atoms with Gasteiger partial charge in [-0.15, -0.1) is 0 Å². The quantitative estimate of drug-likeness (QED) is 0.423. The van der Waals surface area contributed by atoms with Gasteiger partial charge in [0.15, 0.2) is 0 Å². The zero-order valence-electron chi connectivity index (χ0n) is 16.4. The number of nitriles is 1. The molecule has 1 N–H and O–H groups in total. The van der Waals surface area contributed by atoms with E-state index in [-0.39, 0.29) is 0 Å². The normalized spacial score (nSPS) is 12.2. The predicted molar refractivity (Wildman–Crippen MR) is 119 cm³/mol. The molecule has 0 saturated carbocycles. The lowest BCUT2D eigenvalue weighted by Gasteiger charge is -2.15. The van der Waals surface area contributed by atoms with Crippen LogP contribution in [0.4, 0.5) is 0 Å². The van der Waals surface area contributed by atoms with E-state index < -0.39 is 6.10 Å². The average Bonchev–Trinajstić information content (AvgIpc) is 3.22. The Morgan fingerprint density at radius 2 is 1.67 bits per heavy atom. The fourth-order valence-electron chi connectivity index (χ4n) is 4.06. The number of aromatic nitrogens is 2. The molecule has 0 radical (unpaired) electrons. The van der Waals surface area contributed by atoms with Crippen molar-refractivity contribution < 1.29 is 5.11 Å². The largest absolute Gasteiger partial charge is 0.382 e. The molecule has 144 valence electrons. The van der Waals surface area contributed by atoms with E-state index in [9.17, 15) is 10.4 Å². The minimum absolute atomic E-state index is 0.580. The summed E-state index contributed by atoms with van der Waals surface area (Å²) in [6.07, 6.45) is 2.51. The highest BCUT2D eigenvalue weighted by molar-refractivity contribution is 6.05. The third-order valence-electron chi connectivity index (χ3n) is 5.65. The van der Waals surface area contributed by atoms with Crippen LogP contribution in [0.25, 0.3) is 32.7 Å². The van der Waals surface area contributed by atoms with Gasteiger partial charge in [-0.2, -0.15) is 5.26 Å². The lowest BCUT2D eigenvalue weighted by Crippen LogP contribution is -2.05. The van der Waals surface area contributed by atoms with Gasteiger partial charge in [0.05, 0.1) is 29.9 Å². The standard InChI is InChI=1S/C26H19N3O/c1-29-16-28-15-25(29)26(30)20-9-10-21(14-27)24(13-20)22-8-4-7-19-11-17-5-2-3-6-18(17)12-23(19)22/h2-13,15-16,26,30H,1H3. The summed E-state index contributed by atoms with van der Waals surface area (Å²) in [6, 6.07) is 26.6. The summed E-state index contributed by atoms with van der Waals surface area (Å²) in [4.78, 5) is 4.10. The molecule has 4 heteroatoms. The summed E-state index contributed by atoms with van der Waals surface area (Å²) in [5.41, 5.74) is 3.81. The third kappa shape index (κ3) is 2.93. The maximum Gasteiger partial charge on any atom is 0.121 e. The summed E-state index contributed by atoms with van der Waals surface area (Å²) >= 11 is 0. The molecule has 0 bridgehead atoms. The minimum Gasteiger partial charge on any atom is -0.382 e. The molecular formula is C26H19N3O. The number of aliphatic hydroxyl groups is 1. The highest BCUT2D eigenvalue weighted by Crippen LogP contribution is 2.35. The first-order valence-corrected chi connectivity index (χ1v) is 9.76. The molecule has 0 saturated heterocycles. The second-order valence-corrected chi connectivity index (χ2v) is 7.47. The number of nitrogens with zero attached hydrogens (tertiary/aromatic N) is 3. The van der Waals surface area contributed by atoms with Crippen molar-refractivity contribution in [2.75, 3.05) is 0 Å². The maximum atomic E-state index is 10.9. The summed E-state index contributed by atoms with van der Waals surface area (Å²) in [6.45, 7) is 0. The Kier molecular flexibility index (Phi) is 4.31. The van der Waals surface area contributed by atoms with Gasteiger partial charge >= 0.3 is 0 Å². The molecule has 5 rings (SSSR count). The van der Waals surface area contributed by atoms with E-state index in [2.05, 4.69) is 41.4 Å². The Balaban J connectivity index is 1.73. The Hall–Kier alpha value is -3.94. The Morgan fingerprint density at radius 3 is 2.40 bits per heavy atom. The molecule has 0 amide bonds. The molecule has 1 heterocycles. The number of imidazole rings is 1. The molecule has 4 nitrogen and oxygen atoms in total. The molecule has 0 spiro atoms. The third-order valence-corrected chi connectivity index (χ3v) is 5.65. The fraction of sp³-hybridized carbons (Fsp3) is 0.0769. The molecule has 1 unspecified atom stereocenters. The lowest BCUT2D eigenvalue weighted by atomic mass is 9.91. The first-order chi connectivity index (χ1) is 14.7. The number of hydrogen-bond donors (Lipinski definition) is 1. The molecule has 1 atom stereocenters. The highest BCUT2D eigenvalue weighted by atomic mass is 16.3. The van der Waals surface area contributed by atoms with E-state index in [1.54, 1.807) is 29.2 Å². The fourth-order valence-corrected chi connectivity index (χ4v) is 4.06. The van der Waals surface area contributed by atoms with Crippen LogP contribution in [0, 0.1) is 11.3 Å².